The highest BCUT2D eigenvalue weighted by Gasteiger charge is 2.23. The van der Waals surface area contributed by atoms with E-state index >= 15 is 0 Å². The van der Waals surface area contributed by atoms with E-state index in [1.165, 1.54) is 12.1 Å². The third-order valence-electron chi connectivity index (χ3n) is 3.27. The second-order valence-corrected chi connectivity index (χ2v) is 5.14. The molecule has 0 bridgehead atoms. The molecule has 1 aromatic rings. The zero-order valence-electron chi connectivity index (χ0n) is 9.90. The van der Waals surface area contributed by atoms with Gasteiger partial charge < -0.3 is 15.5 Å². The Balaban J connectivity index is 1.91. The first-order valence-electron chi connectivity index (χ1n) is 6.01. The molecule has 5 heteroatoms. The summed E-state index contributed by atoms with van der Waals surface area (Å²) in [4.78, 5) is 11.8. The molecule has 1 aliphatic rings. The highest BCUT2D eigenvalue weighted by molar-refractivity contribution is 6.30. The number of phenols is 1. The smallest absolute Gasteiger partial charge is 0.255 e. The largest absolute Gasteiger partial charge is 0.507 e. The van der Waals surface area contributed by atoms with Crippen molar-refractivity contribution >= 4 is 17.5 Å². The first kappa shape index (κ1) is 13.2. The van der Waals surface area contributed by atoms with Gasteiger partial charge in [-0.05, 0) is 43.4 Å². The number of amides is 1. The number of aromatic hydroxyl groups is 1. The SMILES string of the molecule is O=C(NCC1CCC(O)C1)c1ccc(Cl)cc1O. The molecule has 1 fully saturated rings. The Morgan fingerprint density at radius 1 is 1.44 bits per heavy atom. The van der Waals surface area contributed by atoms with Crippen molar-refractivity contribution in [1.82, 2.24) is 5.32 Å². The molecule has 1 aromatic carbocycles. The van der Waals surface area contributed by atoms with Crippen LogP contribution in [0.25, 0.3) is 0 Å². The summed E-state index contributed by atoms with van der Waals surface area (Å²) < 4.78 is 0. The van der Waals surface area contributed by atoms with Crippen molar-refractivity contribution in [3.05, 3.63) is 28.8 Å². The first-order valence-corrected chi connectivity index (χ1v) is 6.39. The molecule has 2 rings (SSSR count). The van der Waals surface area contributed by atoms with Crippen LogP contribution in [-0.4, -0.2) is 28.8 Å². The molecule has 2 unspecified atom stereocenters. The van der Waals surface area contributed by atoms with E-state index in [1.807, 2.05) is 0 Å². The summed E-state index contributed by atoms with van der Waals surface area (Å²) in [6, 6.07) is 4.40. The highest BCUT2D eigenvalue weighted by atomic mass is 35.5. The van der Waals surface area contributed by atoms with Gasteiger partial charge in [-0.1, -0.05) is 11.6 Å². The van der Waals surface area contributed by atoms with Crippen molar-refractivity contribution < 1.29 is 15.0 Å². The fourth-order valence-electron chi connectivity index (χ4n) is 2.26. The minimum atomic E-state index is -0.314. The number of nitrogens with one attached hydrogen (secondary N) is 1. The summed E-state index contributed by atoms with van der Waals surface area (Å²) in [5, 5.41) is 22.2. The normalized spacial score (nSPS) is 23.0. The number of phenolic OH excluding ortho intramolecular Hbond substituents is 1. The summed E-state index contributed by atoms with van der Waals surface area (Å²) in [5.41, 5.74) is 0.220. The Morgan fingerprint density at radius 3 is 2.83 bits per heavy atom. The Labute approximate surface area is 111 Å². The minimum absolute atomic E-state index is 0.119. The average molecular weight is 270 g/mol. The molecule has 0 heterocycles. The van der Waals surface area contributed by atoms with Crippen molar-refractivity contribution in [2.24, 2.45) is 5.92 Å². The van der Waals surface area contributed by atoms with Crippen LogP contribution in [-0.2, 0) is 0 Å². The van der Waals surface area contributed by atoms with Crippen LogP contribution in [0.2, 0.25) is 5.02 Å². The molecule has 3 N–H and O–H groups in total. The van der Waals surface area contributed by atoms with Gasteiger partial charge in [0.1, 0.15) is 5.75 Å². The average Bonchev–Trinajstić information content (AvgIpc) is 2.72. The number of hydrogen-bond donors (Lipinski definition) is 3. The van der Waals surface area contributed by atoms with Crippen molar-refractivity contribution in [1.29, 1.82) is 0 Å². The van der Waals surface area contributed by atoms with Crippen LogP contribution in [0.15, 0.2) is 18.2 Å². The van der Waals surface area contributed by atoms with E-state index in [0.717, 1.165) is 19.3 Å². The van der Waals surface area contributed by atoms with E-state index in [1.54, 1.807) is 6.07 Å². The number of aliphatic hydroxyl groups is 1. The number of aliphatic hydroxyl groups excluding tert-OH is 1. The molecule has 0 spiro atoms. The van der Waals surface area contributed by atoms with Gasteiger partial charge >= 0.3 is 0 Å². The van der Waals surface area contributed by atoms with E-state index in [2.05, 4.69) is 5.32 Å². The van der Waals surface area contributed by atoms with Crippen molar-refractivity contribution in [2.45, 2.75) is 25.4 Å². The fraction of sp³-hybridized carbons (Fsp3) is 0.462. The Hall–Kier alpha value is -1.26. The van der Waals surface area contributed by atoms with E-state index in [4.69, 9.17) is 11.6 Å². The molecule has 0 aliphatic heterocycles. The lowest BCUT2D eigenvalue weighted by Crippen LogP contribution is -2.28. The number of carbonyl (C=O) groups excluding carboxylic acids is 1. The molecule has 0 radical (unpaired) electrons. The molecule has 98 valence electrons. The van der Waals surface area contributed by atoms with Gasteiger partial charge in [0.25, 0.3) is 5.91 Å². The van der Waals surface area contributed by atoms with E-state index in [-0.39, 0.29) is 23.3 Å². The van der Waals surface area contributed by atoms with Crippen LogP contribution in [0.1, 0.15) is 29.6 Å². The molecule has 1 aliphatic carbocycles. The van der Waals surface area contributed by atoms with Crippen LogP contribution in [0.4, 0.5) is 0 Å². The van der Waals surface area contributed by atoms with Gasteiger partial charge in [-0.2, -0.15) is 0 Å². The maximum atomic E-state index is 11.8. The van der Waals surface area contributed by atoms with Gasteiger partial charge in [0.05, 0.1) is 11.7 Å². The van der Waals surface area contributed by atoms with Gasteiger partial charge in [-0.25, -0.2) is 0 Å². The van der Waals surface area contributed by atoms with E-state index < -0.39 is 0 Å². The minimum Gasteiger partial charge on any atom is -0.507 e. The predicted molar refractivity (Wildman–Crippen MR) is 68.8 cm³/mol. The van der Waals surface area contributed by atoms with E-state index in [0.29, 0.717) is 17.5 Å². The molecule has 18 heavy (non-hydrogen) atoms. The molecule has 1 saturated carbocycles. The third-order valence-corrected chi connectivity index (χ3v) is 3.50. The fourth-order valence-corrected chi connectivity index (χ4v) is 2.43. The lowest BCUT2D eigenvalue weighted by Gasteiger charge is -2.11. The van der Waals surface area contributed by atoms with E-state index in [9.17, 15) is 15.0 Å². The van der Waals surface area contributed by atoms with Gasteiger partial charge in [-0.3, -0.25) is 4.79 Å². The molecule has 0 aromatic heterocycles. The summed E-state index contributed by atoms with van der Waals surface area (Å²) >= 11 is 5.70. The van der Waals surface area contributed by atoms with Crippen LogP contribution in [0.3, 0.4) is 0 Å². The molecule has 4 nitrogen and oxygen atoms in total. The Morgan fingerprint density at radius 2 is 2.22 bits per heavy atom. The van der Waals surface area contributed by atoms with Gasteiger partial charge in [-0.15, -0.1) is 0 Å². The monoisotopic (exact) mass is 269 g/mol. The zero-order chi connectivity index (χ0) is 13.1. The summed E-state index contributed by atoms with van der Waals surface area (Å²) in [6.07, 6.45) is 2.21. The highest BCUT2D eigenvalue weighted by Crippen LogP contribution is 2.25. The number of carbonyl (C=O) groups is 1. The molecule has 1 amide bonds. The summed E-state index contributed by atoms with van der Waals surface area (Å²) in [6.45, 7) is 0.526. The predicted octanol–water partition coefficient (Wildman–Crippen LogP) is 1.94. The number of benzene rings is 1. The van der Waals surface area contributed by atoms with Crippen molar-refractivity contribution in [2.75, 3.05) is 6.54 Å². The maximum absolute atomic E-state index is 11.8. The molecular weight excluding hydrogens is 254 g/mol. The van der Waals surface area contributed by atoms with Gasteiger partial charge in [0.2, 0.25) is 0 Å². The van der Waals surface area contributed by atoms with Gasteiger partial charge in [0.15, 0.2) is 0 Å². The number of halogens is 1. The second-order valence-electron chi connectivity index (χ2n) is 4.70. The first-order chi connectivity index (χ1) is 8.56. The van der Waals surface area contributed by atoms with Crippen LogP contribution in [0.5, 0.6) is 5.75 Å². The number of rotatable bonds is 3. The standard InChI is InChI=1S/C13H16ClNO3/c14-9-2-4-11(12(17)6-9)13(18)15-7-8-1-3-10(16)5-8/h2,4,6,8,10,16-17H,1,3,5,7H2,(H,15,18). The summed E-state index contributed by atoms with van der Waals surface area (Å²) in [5.74, 6) is -0.115. The van der Waals surface area contributed by atoms with Crippen molar-refractivity contribution in [3.63, 3.8) is 0 Å². The topological polar surface area (TPSA) is 69.6 Å². The summed E-state index contributed by atoms with van der Waals surface area (Å²) in [7, 11) is 0. The zero-order valence-corrected chi connectivity index (χ0v) is 10.7. The number of hydrogen-bond acceptors (Lipinski definition) is 3. The lowest BCUT2D eigenvalue weighted by atomic mass is 10.1. The second kappa shape index (κ2) is 5.59. The third kappa shape index (κ3) is 3.15. The van der Waals surface area contributed by atoms with Crippen molar-refractivity contribution in [3.8, 4) is 5.75 Å². The van der Waals surface area contributed by atoms with Crippen LogP contribution in [0, 0.1) is 5.92 Å². The van der Waals surface area contributed by atoms with Gasteiger partial charge in [0, 0.05) is 11.6 Å². The maximum Gasteiger partial charge on any atom is 0.255 e. The Kier molecular flexibility index (Phi) is 4.09. The Bertz CT molecular complexity index is 450. The molecule has 0 saturated heterocycles. The molecular formula is C13H16ClNO3. The van der Waals surface area contributed by atoms with Crippen LogP contribution >= 0.6 is 11.6 Å². The quantitative estimate of drug-likeness (QED) is 0.785. The lowest BCUT2D eigenvalue weighted by molar-refractivity contribution is 0.0942. The van der Waals surface area contributed by atoms with Crippen LogP contribution < -0.4 is 5.32 Å². The molecule has 2 atom stereocenters.